The van der Waals surface area contributed by atoms with Crippen molar-refractivity contribution in [3.8, 4) is 0 Å². The quantitative estimate of drug-likeness (QED) is 0.792. The number of aliphatic hydroxyl groups excluding tert-OH is 1. The summed E-state index contributed by atoms with van der Waals surface area (Å²) in [5.74, 6) is -1.35. The molecule has 0 aromatic heterocycles. The zero-order valence-corrected chi connectivity index (χ0v) is 8.26. The Morgan fingerprint density at radius 1 is 1.31 bits per heavy atom. The van der Waals surface area contributed by atoms with E-state index in [0.717, 1.165) is 6.07 Å². The van der Waals surface area contributed by atoms with Crippen molar-refractivity contribution in [3.05, 3.63) is 35.1 Å². The van der Waals surface area contributed by atoms with Crippen LogP contribution >= 0.6 is 0 Å². The van der Waals surface area contributed by atoms with Crippen LogP contribution in [0.15, 0.2) is 18.2 Å². The van der Waals surface area contributed by atoms with Crippen LogP contribution < -0.4 is 5.73 Å². The third kappa shape index (κ3) is 2.93. The fraction of sp³-hybridized carbons (Fsp3) is 0.400. The molecule has 0 bridgehead atoms. The Bertz CT molecular complexity index is 364. The highest BCUT2D eigenvalue weighted by molar-refractivity contribution is 5.28. The van der Waals surface area contributed by atoms with Gasteiger partial charge in [0.25, 0.3) is 0 Å². The first kappa shape index (κ1) is 12.9. The molecule has 2 nitrogen and oxygen atoms in total. The van der Waals surface area contributed by atoms with Crippen molar-refractivity contribution < 1.29 is 22.7 Å². The molecule has 0 saturated heterocycles. The fourth-order valence-corrected chi connectivity index (χ4v) is 1.29. The molecule has 90 valence electrons. The molecule has 0 aliphatic heterocycles. The molecule has 0 aliphatic rings. The van der Waals surface area contributed by atoms with Gasteiger partial charge in [-0.1, -0.05) is 6.07 Å². The lowest BCUT2D eigenvalue weighted by Gasteiger charge is -2.13. The second-order valence-electron chi connectivity index (χ2n) is 3.33. The number of hydrogen-bond acceptors (Lipinski definition) is 2. The summed E-state index contributed by atoms with van der Waals surface area (Å²) in [6.07, 6.45) is -5.74. The first-order valence-electron chi connectivity index (χ1n) is 4.61. The largest absolute Gasteiger partial charge is 0.419 e. The van der Waals surface area contributed by atoms with Crippen LogP contribution in [0.1, 0.15) is 23.7 Å². The normalized spacial score (nSPS) is 13.9. The second-order valence-corrected chi connectivity index (χ2v) is 3.33. The zero-order valence-electron chi connectivity index (χ0n) is 8.26. The maximum absolute atomic E-state index is 12.9. The summed E-state index contributed by atoms with van der Waals surface area (Å²) in [5, 5.41) is 9.43. The van der Waals surface area contributed by atoms with Crippen LogP contribution in [-0.4, -0.2) is 11.7 Å². The van der Waals surface area contributed by atoms with Gasteiger partial charge in [-0.25, -0.2) is 4.39 Å². The van der Waals surface area contributed by atoms with Crippen LogP contribution in [0.25, 0.3) is 0 Å². The van der Waals surface area contributed by atoms with Gasteiger partial charge in [0.2, 0.25) is 0 Å². The second kappa shape index (κ2) is 4.80. The Labute approximate surface area is 89.7 Å². The van der Waals surface area contributed by atoms with Crippen LogP contribution in [-0.2, 0) is 6.18 Å². The van der Waals surface area contributed by atoms with E-state index >= 15 is 0 Å². The van der Waals surface area contributed by atoms with E-state index in [1.54, 1.807) is 0 Å². The predicted molar refractivity (Wildman–Crippen MR) is 50.0 cm³/mol. The molecule has 6 heteroatoms. The van der Waals surface area contributed by atoms with E-state index in [9.17, 15) is 22.7 Å². The molecule has 1 atom stereocenters. The van der Waals surface area contributed by atoms with E-state index in [1.807, 2.05) is 0 Å². The maximum Gasteiger partial charge on any atom is 0.419 e. The molecular weight excluding hydrogens is 226 g/mol. The summed E-state index contributed by atoms with van der Waals surface area (Å²) in [6, 6.07) is 2.42. The molecular formula is C10H11F4NO. The number of benzene rings is 1. The molecule has 1 rings (SSSR count). The smallest absolute Gasteiger partial charge is 0.388 e. The van der Waals surface area contributed by atoms with E-state index in [2.05, 4.69) is 0 Å². The topological polar surface area (TPSA) is 46.2 Å². The van der Waals surface area contributed by atoms with Crippen molar-refractivity contribution in [2.24, 2.45) is 5.73 Å². The molecule has 0 saturated carbocycles. The number of rotatable bonds is 3. The Kier molecular flexibility index (Phi) is 3.88. The Hall–Kier alpha value is -1.14. The lowest BCUT2D eigenvalue weighted by molar-refractivity contribution is -0.140. The van der Waals surface area contributed by atoms with Gasteiger partial charge >= 0.3 is 6.18 Å². The summed E-state index contributed by atoms with van der Waals surface area (Å²) >= 11 is 0. The monoisotopic (exact) mass is 237 g/mol. The van der Waals surface area contributed by atoms with Crippen molar-refractivity contribution in [2.45, 2.75) is 18.7 Å². The molecule has 0 fully saturated rings. The number of hydrogen-bond donors (Lipinski definition) is 2. The van der Waals surface area contributed by atoms with Gasteiger partial charge in [-0.15, -0.1) is 0 Å². The highest BCUT2D eigenvalue weighted by Crippen LogP contribution is 2.33. The molecule has 16 heavy (non-hydrogen) atoms. The summed E-state index contributed by atoms with van der Waals surface area (Å²) in [4.78, 5) is 0. The van der Waals surface area contributed by atoms with Gasteiger partial charge in [0.1, 0.15) is 5.82 Å². The van der Waals surface area contributed by atoms with Gasteiger partial charge in [0.15, 0.2) is 0 Å². The average molecular weight is 237 g/mol. The zero-order chi connectivity index (χ0) is 12.3. The predicted octanol–water partition coefficient (Wildman–Crippen LogP) is 2.23. The van der Waals surface area contributed by atoms with Crippen LogP contribution in [0.4, 0.5) is 17.6 Å². The fourth-order valence-electron chi connectivity index (χ4n) is 1.29. The molecule has 0 spiro atoms. The molecule has 1 aromatic rings. The van der Waals surface area contributed by atoms with Gasteiger partial charge in [-0.05, 0) is 30.7 Å². The minimum Gasteiger partial charge on any atom is -0.388 e. The Morgan fingerprint density at radius 3 is 2.44 bits per heavy atom. The van der Waals surface area contributed by atoms with E-state index in [1.165, 1.54) is 0 Å². The molecule has 3 N–H and O–H groups in total. The van der Waals surface area contributed by atoms with Gasteiger partial charge in [-0.2, -0.15) is 13.2 Å². The summed E-state index contributed by atoms with van der Waals surface area (Å²) in [7, 11) is 0. The van der Waals surface area contributed by atoms with Crippen LogP contribution in [0, 0.1) is 5.82 Å². The minimum atomic E-state index is -4.76. The van der Waals surface area contributed by atoms with Crippen LogP contribution in [0.3, 0.4) is 0 Å². The molecule has 0 heterocycles. The van der Waals surface area contributed by atoms with E-state index < -0.39 is 23.7 Å². The van der Waals surface area contributed by atoms with Crippen LogP contribution in [0.2, 0.25) is 0 Å². The lowest BCUT2D eigenvalue weighted by Crippen LogP contribution is -2.11. The number of alkyl halides is 3. The third-order valence-electron chi connectivity index (χ3n) is 2.12. The number of halogens is 4. The van der Waals surface area contributed by atoms with E-state index in [4.69, 9.17) is 5.73 Å². The Balaban J connectivity index is 3.07. The number of nitrogens with two attached hydrogens (primary N) is 1. The van der Waals surface area contributed by atoms with E-state index in [-0.39, 0.29) is 18.5 Å². The van der Waals surface area contributed by atoms with E-state index in [0.29, 0.717) is 12.1 Å². The molecule has 0 radical (unpaired) electrons. The van der Waals surface area contributed by atoms with Crippen molar-refractivity contribution in [1.29, 1.82) is 0 Å². The lowest BCUT2D eigenvalue weighted by atomic mass is 10.0. The highest BCUT2D eigenvalue weighted by Gasteiger charge is 2.34. The molecule has 1 aromatic carbocycles. The molecule has 0 unspecified atom stereocenters. The molecule has 0 amide bonds. The summed E-state index contributed by atoms with van der Waals surface area (Å²) < 4.78 is 49.9. The first-order valence-corrected chi connectivity index (χ1v) is 4.61. The SMILES string of the molecule is NCC[C@H](O)c1ccc(F)c(C(F)(F)F)c1. The Morgan fingerprint density at radius 2 is 1.94 bits per heavy atom. The average Bonchev–Trinajstić information content (AvgIpc) is 2.16. The first-order chi connectivity index (χ1) is 7.36. The minimum absolute atomic E-state index is 0.0131. The number of aliphatic hydroxyl groups is 1. The van der Waals surface area contributed by atoms with Crippen molar-refractivity contribution >= 4 is 0 Å². The summed E-state index contributed by atoms with van der Waals surface area (Å²) in [6.45, 7) is 0.139. The maximum atomic E-state index is 12.9. The van der Waals surface area contributed by atoms with Crippen molar-refractivity contribution in [3.63, 3.8) is 0 Å². The van der Waals surface area contributed by atoms with Crippen molar-refractivity contribution in [2.75, 3.05) is 6.54 Å². The van der Waals surface area contributed by atoms with Gasteiger partial charge < -0.3 is 10.8 Å². The van der Waals surface area contributed by atoms with Gasteiger partial charge in [-0.3, -0.25) is 0 Å². The standard InChI is InChI=1S/C10H11F4NO/c11-8-2-1-6(9(16)3-4-15)5-7(8)10(12,13)14/h1-2,5,9,16H,3-4,15H2/t9-/m0/s1. The van der Waals surface area contributed by atoms with Crippen molar-refractivity contribution in [1.82, 2.24) is 0 Å². The van der Waals surface area contributed by atoms with Gasteiger partial charge in [0, 0.05) is 0 Å². The summed E-state index contributed by atoms with van der Waals surface area (Å²) in [5.41, 5.74) is 3.80. The van der Waals surface area contributed by atoms with Gasteiger partial charge in [0.05, 0.1) is 11.7 Å². The van der Waals surface area contributed by atoms with Crippen LogP contribution in [0.5, 0.6) is 0 Å². The highest BCUT2D eigenvalue weighted by atomic mass is 19.4. The third-order valence-corrected chi connectivity index (χ3v) is 2.12. The molecule has 0 aliphatic carbocycles.